The van der Waals surface area contributed by atoms with E-state index in [1.165, 1.54) is 45.3 Å². The predicted molar refractivity (Wildman–Crippen MR) is 116 cm³/mol. The Hall–Kier alpha value is -3.36. The predicted octanol–water partition coefficient (Wildman–Crippen LogP) is 3.16. The van der Waals surface area contributed by atoms with Crippen LogP contribution in [0.1, 0.15) is 48.0 Å². The Balaban J connectivity index is 1.40. The number of nitrogens with one attached hydrogen (secondary N) is 1. The Morgan fingerprint density at radius 2 is 2.16 bits per heavy atom. The van der Waals surface area contributed by atoms with Crippen molar-refractivity contribution in [3.8, 4) is 5.75 Å². The van der Waals surface area contributed by atoms with Gasteiger partial charge in [-0.2, -0.15) is 10.1 Å². The molecule has 162 valence electrons. The number of ether oxygens (including phenoxy) is 1. The number of aromatic nitrogens is 4. The average Bonchev–Trinajstić information content (AvgIpc) is 3.08. The zero-order valence-electron chi connectivity index (χ0n) is 17.5. The summed E-state index contributed by atoms with van der Waals surface area (Å²) in [5.74, 6) is 1.04. The minimum absolute atomic E-state index is 0.175. The van der Waals surface area contributed by atoms with Gasteiger partial charge in [-0.05, 0) is 49.1 Å². The molecule has 2 saturated carbocycles. The number of hydrogen-bond donors (Lipinski definition) is 3. The van der Waals surface area contributed by atoms with Gasteiger partial charge in [-0.15, -0.1) is 0 Å². The molecule has 9 heteroatoms. The van der Waals surface area contributed by atoms with Gasteiger partial charge in [0.1, 0.15) is 16.8 Å². The molecule has 31 heavy (non-hydrogen) atoms. The first-order chi connectivity index (χ1) is 15.0. The third-order valence-electron chi connectivity index (χ3n) is 6.78. The van der Waals surface area contributed by atoms with Gasteiger partial charge in [0.25, 0.3) is 0 Å². The van der Waals surface area contributed by atoms with E-state index < -0.39 is 5.97 Å². The van der Waals surface area contributed by atoms with Crippen molar-refractivity contribution in [3.05, 3.63) is 35.5 Å². The minimum atomic E-state index is -0.996. The fourth-order valence-electron chi connectivity index (χ4n) is 5.06. The molecular weight excluding hydrogens is 396 g/mol. The number of nitrogens with two attached hydrogens (primary N) is 1. The summed E-state index contributed by atoms with van der Waals surface area (Å²) in [6, 6.07) is 4.82. The molecule has 4 N–H and O–H groups in total. The van der Waals surface area contributed by atoms with E-state index in [9.17, 15) is 9.90 Å². The Kier molecular flexibility index (Phi) is 4.68. The van der Waals surface area contributed by atoms with Crippen LogP contribution < -0.4 is 15.8 Å². The zero-order valence-corrected chi connectivity index (χ0v) is 17.5. The molecule has 0 atom stereocenters. The van der Waals surface area contributed by atoms with Crippen molar-refractivity contribution < 1.29 is 14.6 Å². The third-order valence-corrected chi connectivity index (χ3v) is 6.78. The number of aromatic carboxylic acids is 1. The number of fused-ring (bicyclic) bond motifs is 1. The lowest BCUT2D eigenvalue weighted by atomic mass is 9.52. The Bertz CT molecular complexity index is 1150. The van der Waals surface area contributed by atoms with Crippen LogP contribution in [0.3, 0.4) is 0 Å². The van der Waals surface area contributed by atoms with E-state index in [1.54, 1.807) is 23.0 Å². The summed E-state index contributed by atoms with van der Waals surface area (Å²) in [5, 5.41) is 17.2. The largest absolute Gasteiger partial charge is 0.496 e. The summed E-state index contributed by atoms with van der Waals surface area (Å²) in [6.45, 7) is 1.25. The van der Waals surface area contributed by atoms with Gasteiger partial charge in [-0.25, -0.2) is 9.78 Å². The van der Waals surface area contributed by atoms with Crippen LogP contribution in [0.5, 0.6) is 5.75 Å². The van der Waals surface area contributed by atoms with E-state index in [0.717, 1.165) is 17.6 Å². The van der Waals surface area contributed by atoms with Crippen LogP contribution in [0.15, 0.2) is 24.4 Å². The van der Waals surface area contributed by atoms with E-state index in [1.807, 2.05) is 0 Å². The molecule has 0 saturated heterocycles. The molecule has 1 aromatic carbocycles. The number of benzene rings is 1. The highest BCUT2D eigenvalue weighted by Crippen LogP contribution is 2.58. The second kappa shape index (κ2) is 7.40. The maximum Gasteiger partial charge on any atom is 0.335 e. The fourth-order valence-corrected chi connectivity index (χ4v) is 5.06. The normalized spacial score (nSPS) is 17.3. The number of carbonyl (C=O) groups is 1. The highest BCUT2D eigenvalue weighted by Gasteiger charge is 2.47. The summed E-state index contributed by atoms with van der Waals surface area (Å²) in [7, 11) is 1.52. The van der Waals surface area contributed by atoms with Gasteiger partial charge in [-0.3, -0.25) is 4.68 Å². The molecule has 0 unspecified atom stereocenters. The van der Waals surface area contributed by atoms with E-state index in [2.05, 4.69) is 20.4 Å². The topological polar surface area (TPSA) is 128 Å². The van der Waals surface area contributed by atoms with Gasteiger partial charge < -0.3 is 20.9 Å². The quantitative estimate of drug-likeness (QED) is 0.530. The molecule has 3 aromatic rings. The Morgan fingerprint density at radius 1 is 1.35 bits per heavy atom. The molecule has 2 heterocycles. The second-order valence-corrected chi connectivity index (χ2v) is 8.81. The summed E-state index contributed by atoms with van der Waals surface area (Å²) in [6.07, 6.45) is 8.38. The Morgan fingerprint density at radius 3 is 2.84 bits per heavy atom. The van der Waals surface area contributed by atoms with Crippen LogP contribution in [-0.4, -0.2) is 44.5 Å². The third kappa shape index (κ3) is 3.54. The number of hydrogen-bond acceptors (Lipinski definition) is 7. The van der Waals surface area contributed by atoms with Crippen molar-refractivity contribution in [2.24, 2.45) is 11.3 Å². The summed E-state index contributed by atoms with van der Waals surface area (Å²) in [5.41, 5.74) is 8.99. The second-order valence-electron chi connectivity index (χ2n) is 8.81. The highest BCUT2D eigenvalue weighted by atomic mass is 16.5. The number of anilines is 2. The lowest BCUT2D eigenvalue weighted by molar-refractivity contribution is -0.0185. The van der Waals surface area contributed by atoms with Crippen LogP contribution in [0.2, 0.25) is 0 Å². The number of nitrogen functional groups attached to an aromatic ring is 1. The lowest BCUT2D eigenvalue weighted by Gasteiger charge is -2.54. The van der Waals surface area contributed by atoms with Crippen molar-refractivity contribution in [1.82, 2.24) is 19.7 Å². The standard InChI is InChI=1S/C22H26N6O3/c1-31-17-7-14(20(29)30)3-4-15(17)12-28-18-16(11-25-28)26-21(23)27-19(18)24-10-13-8-22(9-13)5-2-6-22/h3-4,7,11,13H,2,5-6,8-10,12H2,1H3,(H,29,30)(H3,23,24,26,27). The molecule has 0 radical (unpaired) electrons. The molecule has 0 aliphatic heterocycles. The summed E-state index contributed by atoms with van der Waals surface area (Å²) in [4.78, 5) is 20.0. The molecule has 2 fully saturated rings. The number of methoxy groups -OCH3 is 1. The molecule has 2 aliphatic carbocycles. The van der Waals surface area contributed by atoms with Crippen LogP contribution >= 0.6 is 0 Å². The average molecular weight is 422 g/mol. The monoisotopic (exact) mass is 422 g/mol. The van der Waals surface area contributed by atoms with Gasteiger partial charge in [0.15, 0.2) is 5.82 Å². The molecule has 2 aliphatic rings. The molecule has 1 spiro atoms. The summed E-state index contributed by atoms with van der Waals surface area (Å²) >= 11 is 0. The molecule has 0 bridgehead atoms. The highest BCUT2D eigenvalue weighted by molar-refractivity contribution is 5.88. The van der Waals surface area contributed by atoms with E-state index in [-0.39, 0.29) is 11.5 Å². The van der Waals surface area contributed by atoms with Gasteiger partial charge in [0, 0.05) is 12.1 Å². The number of carboxylic acids is 1. The SMILES string of the molecule is COc1cc(C(=O)O)ccc1Cn1ncc2nc(N)nc(NCC3CC4(CCC4)C3)c21. The molecular formula is C22H26N6O3. The van der Waals surface area contributed by atoms with Crippen molar-refractivity contribution in [1.29, 1.82) is 0 Å². The smallest absolute Gasteiger partial charge is 0.335 e. The first-order valence-corrected chi connectivity index (χ1v) is 10.6. The van der Waals surface area contributed by atoms with Gasteiger partial charge in [0.2, 0.25) is 5.95 Å². The maximum absolute atomic E-state index is 11.3. The van der Waals surface area contributed by atoms with Gasteiger partial charge in [0.05, 0.1) is 25.4 Å². The first-order valence-electron chi connectivity index (χ1n) is 10.6. The summed E-state index contributed by atoms with van der Waals surface area (Å²) < 4.78 is 7.21. The van der Waals surface area contributed by atoms with Crippen LogP contribution in [0.25, 0.3) is 11.0 Å². The van der Waals surface area contributed by atoms with Crippen molar-refractivity contribution in [2.45, 2.75) is 38.6 Å². The maximum atomic E-state index is 11.3. The molecule has 2 aromatic heterocycles. The first kappa shape index (κ1) is 19.6. The molecule has 5 rings (SSSR count). The van der Waals surface area contributed by atoms with Crippen molar-refractivity contribution >= 4 is 28.8 Å². The van der Waals surface area contributed by atoms with Crippen molar-refractivity contribution in [2.75, 3.05) is 24.7 Å². The van der Waals surface area contributed by atoms with Gasteiger partial charge in [-0.1, -0.05) is 12.5 Å². The Labute approximate surface area is 179 Å². The van der Waals surface area contributed by atoms with E-state index >= 15 is 0 Å². The number of rotatable bonds is 7. The van der Waals surface area contributed by atoms with Crippen LogP contribution in [0, 0.1) is 11.3 Å². The lowest BCUT2D eigenvalue weighted by Crippen LogP contribution is -2.45. The van der Waals surface area contributed by atoms with Gasteiger partial charge >= 0.3 is 5.97 Å². The fraction of sp³-hybridized carbons (Fsp3) is 0.455. The van der Waals surface area contributed by atoms with Crippen molar-refractivity contribution in [3.63, 3.8) is 0 Å². The van der Waals surface area contributed by atoms with E-state index in [4.69, 9.17) is 10.5 Å². The van der Waals surface area contributed by atoms with Crippen LogP contribution in [-0.2, 0) is 6.54 Å². The minimum Gasteiger partial charge on any atom is -0.496 e. The number of carboxylic acid groups (broad SMARTS) is 1. The number of nitrogens with zero attached hydrogens (tertiary/aromatic N) is 4. The molecule has 0 amide bonds. The van der Waals surface area contributed by atoms with Crippen LogP contribution in [0.4, 0.5) is 11.8 Å². The zero-order chi connectivity index (χ0) is 21.6. The van der Waals surface area contributed by atoms with E-state index in [0.29, 0.717) is 35.0 Å². The molecule has 9 nitrogen and oxygen atoms in total.